The average molecular weight is 570 g/mol. The quantitative estimate of drug-likeness (QED) is 0.210. The first-order chi connectivity index (χ1) is 19.3. The Labute approximate surface area is 248 Å². The van der Waals surface area contributed by atoms with Crippen LogP contribution >= 0.6 is 11.6 Å². The van der Waals surface area contributed by atoms with Crippen molar-refractivity contribution in [3.8, 4) is 0 Å². The Balaban J connectivity index is 1.54. The van der Waals surface area contributed by atoms with Gasteiger partial charge in [-0.15, -0.1) is 0 Å². The van der Waals surface area contributed by atoms with Crippen molar-refractivity contribution in [3.05, 3.63) is 112 Å². The van der Waals surface area contributed by atoms with E-state index < -0.39 is 12.1 Å². The fourth-order valence-electron chi connectivity index (χ4n) is 4.81. The third kappa shape index (κ3) is 8.11. The molecule has 3 amide bonds. The van der Waals surface area contributed by atoms with Crippen LogP contribution in [0.2, 0.25) is 5.02 Å². The van der Waals surface area contributed by atoms with E-state index in [4.69, 9.17) is 11.6 Å². The van der Waals surface area contributed by atoms with Gasteiger partial charge in [0, 0.05) is 23.7 Å². The number of urea groups is 1. The molecule has 4 aromatic carbocycles. The van der Waals surface area contributed by atoms with Gasteiger partial charge in [-0.1, -0.05) is 114 Å². The van der Waals surface area contributed by atoms with E-state index >= 15 is 0 Å². The molecule has 0 aromatic heterocycles. The second-order valence-corrected chi connectivity index (χ2v) is 13.1. The number of carbonyl (C=O) groups excluding carboxylic acids is 2. The van der Waals surface area contributed by atoms with E-state index in [1.54, 1.807) is 12.1 Å². The number of hydrogen-bond donors (Lipinski definition) is 3. The summed E-state index contributed by atoms with van der Waals surface area (Å²) >= 11 is 6.08. The molecule has 0 saturated carbocycles. The molecular formula is C35H40ClN3O2. The molecule has 1 atom stereocenters. The van der Waals surface area contributed by atoms with Crippen molar-refractivity contribution in [1.82, 2.24) is 10.6 Å². The summed E-state index contributed by atoms with van der Waals surface area (Å²) in [5.74, 6) is -0.261. The summed E-state index contributed by atoms with van der Waals surface area (Å²) in [5.41, 5.74) is 4.50. The predicted octanol–water partition coefficient (Wildman–Crippen LogP) is 8.14. The van der Waals surface area contributed by atoms with Crippen molar-refractivity contribution in [3.63, 3.8) is 0 Å². The molecule has 0 saturated heterocycles. The number of amides is 3. The van der Waals surface area contributed by atoms with Crippen LogP contribution in [0, 0.1) is 0 Å². The molecule has 3 N–H and O–H groups in total. The number of fused-ring (bicyclic) bond motifs is 1. The van der Waals surface area contributed by atoms with Crippen molar-refractivity contribution in [2.24, 2.45) is 0 Å². The molecule has 0 aliphatic rings. The SMILES string of the molecule is CC(C)(C)c1ccc(C(C)(C)C)c(NC(=O)N[C@H](Cc2ccc(Cl)cc2)C(=O)NCc2ccc3ccccc3c2)c1. The van der Waals surface area contributed by atoms with E-state index in [2.05, 4.69) is 87.8 Å². The van der Waals surface area contributed by atoms with Gasteiger partial charge >= 0.3 is 6.03 Å². The van der Waals surface area contributed by atoms with E-state index in [9.17, 15) is 9.59 Å². The van der Waals surface area contributed by atoms with E-state index in [0.717, 1.165) is 38.7 Å². The highest BCUT2D eigenvalue weighted by Gasteiger charge is 2.25. The van der Waals surface area contributed by atoms with Crippen LogP contribution in [0.3, 0.4) is 0 Å². The Morgan fingerprint density at radius 2 is 1.41 bits per heavy atom. The molecule has 0 aliphatic heterocycles. The zero-order valence-corrected chi connectivity index (χ0v) is 25.5. The van der Waals surface area contributed by atoms with E-state index in [-0.39, 0.29) is 16.7 Å². The van der Waals surface area contributed by atoms with Crippen LogP contribution in [0.15, 0.2) is 84.9 Å². The second-order valence-electron chi connectivity index (χ2n) is 12.6. The topological polar surface area (TPSA) is 70.2 Å². The fraction of sp³-hybridized carbons (Fsp3) is 0.314. The van der Waals surface area contributed by atoms with Gasteiger partial charge in [-0.05, 0) is 68.1 Å². The highest BCUT2D eigenvalue weighted by Crippen LogP contribution is 2.34. The molecule has 0 spiro atoms. The van der Waals surface area contributed by atoms with Gasteiger partial charge in [-0.2, -0.15) is 0 Å². The molecule has 41 heavy (non-hydrogen) atoms. The normalized spacial score (nSPS) is 12.6. The standard InChI is InChI=1S/C35H40ClN3O2/c1-34(2,3)27-15-18-29(35(4,5)6)30(21-27)38-33(41)39-31(20-23-12-16-28(36)17-13-23)32(40)37-22-24-11-14-25-9-7-8-10-26(25)19-24/h7-19,21,31H,20,22H2,1-6H3,(H,37,40)(H2,38,39,41)/t31-/m1/s1. The van der Waals surface area contributed by atoms with Crippen LogP contribution in [0.5, 0.6) is 0 Å². The first-order valence-corrected chi connectivity index (χ1v) is 14.4. The maximum atomic E-state index is 13.5. The van der Waals surface area contributed by atoms with Crippen molar-refractivity contribution in [2.75, 3.05) is 5.32 Å². The van der Waals surface area contributed by atoms with Gasteiger partial charge in [-0.3, -0.25) is 4.79 Å². The molecular weight excluding hydrogens is 530 g/mol. The monoisotopic (exact) mass is 569 g/mol. The van der Waals surface area contributed by atoms with Crippen LogP contribution in [-0.4, -0.2) is 18.0 Å². The maximum absolute atomic E-state index is 13.5. The fourth-order valence-corrected chi connectivity index (χ4v) is 4.94. The number of nitrogens with one attached hydrogen (secondary N) is 3. The number of anilines is 1. The molecule has 0 unspecified atom stereocenters. The third-order valence-electron chi connectivity index (χ3n) is 7.20. The number of benzene rings is 4. The zero-order chi connectivity index (χ0) is 29.8. The lowest BCUT2D eigenvalue weighted by molar-refractivity contribution is -0.123. The van der Waals surface area contributed by atoms with Crippen molar-refractivity contribution in [1.29, 1.82) is 0 Å². The Kier molecular flexibility index (Phi) is 9.08. The molecule has 0 fully saturated rings. The summed E-state index contributed by atoms with van der Waals surface area (Å²) in [5, 5.41) is 11.9. The van der Waals surface area contributed by atoms with Crippen molar-refractivity contribution < 1.29 is 9.59 Å². The summed E-state index contributed by atoms with van der Waals surface area (Å²) in [7, 11) is 0. The first-order valence-electron chi connectivity index (χ1n) is 14.0. The molecule has 0 radical (unpaired) electrons. The molecule has 0 aliphatic carbocycles. The highest BCUT2D eigenvalue weighted by atomic mass is 35.5. The van der Waals surface area contributed by atoms with Gasteiger partial charge in [0.2, 0.25) is 5.91 Å². The maximum Gasteiger partial charge on any atom is 0.319 e. The lowest BCUT2D eigenvalue weighted by Crippen LogP contribution is -2.49. The third-order valence-corrected chi connectivity index (χ3v) is 7.45. The summed E-state index contributed by atoms with van der Waals surface area (Å²) in [6.45, 7) is 13.1. The highest BCUT2D eigenvalue weighted by molar-refractivity contribution is 6.30. The minimum Gasteiger partial charge on any atom is -0.350 e. The Morgan fingerprint density at radius 1 is 0.756 bits per heavy atom. The molecule has 0 bridgehead atoms. The predicted molar refractivity (Wildman–Crippen MR) is 171 cm³/mol. The molecule has 214 valence electrons. The zero-order valence-electron chi connectivity index (χ0n) is 24.8. The summed E-state index contributed by atoms with van der Waals surface area (Å²) in [6, 6.07) is 26.6. The molecule has 6 heteroatoms. The number of carbonyl (C=O) groups is 2. The lowest BCUT2D eigenvalue weighted by atomic mass is 9.81. The van der Waals surface area contributed by atoms with E-state index in [0.29, 0.717) is 18.0 Å². The van der Waals surface area contributed by atoms with Gasteiger partial charge in [-0.25, -0.2) is 4.79 Å². The van der Waals surface area contributed by atoms with Crippen LogP contribution in [0.1, 0.15) is 63.8 Å². The van der Waals surface area contributed by atoms with Gasteiger partial charge in [0.05, 0.1) is 0 Å². The Bertz CT molecular complexity index is 1530. The second kappa shape index (κ2) is 12.4. The number of hydrogen-bond acceptors (Lipinski definition) is 2. The lowest BCUT2D eigenvalue weighted by Gasteiger charge is -2.27. The molecule has 0 heterocycles. The minimum atomic E-state index is -0.791. The molecule has 4 rings (SSSR count). The van der Waals surface area contributed by atoms with Gasteiger partial charge in [0.1, 0.15) is 6.04 Å². The van der Waals surface area contributed by atoms with Crippen LogP contribution in [-0.2, 0) is 28.6 Å². The van der Waals surface area contributed by atoms with E-state index in [1.807, 2.05) is 42.5 Å². The van der Waals surface area contributed by atoms with Crippen LogP contribution in [0.4, 0.5) is 10.5 Å². The largest absolute Gasteiger partial charge is 0.350 e. The van der Waals surface area contributed by atoms with Gasteiger partial charge < -0.3 is 16.0 Å². The minimum absolute atomic E-state index is 0.0803. The van der Waals surface area contributed by atoms with Crippen molar-refractivity contribution in [2.45, 2.75) is 71.4 Å². The number of rotatable bonds is 7. The number of halogens is 1. The van der Waals surface area contributed by atoms with Gasteiger partial charge in [0.15, 0.2) is 0 Å². The Hall–Kier alpha value is -3.83. The van der Waals surface area contributed by atoms with Crippen LogP contribution < -0.4 is 16.0 Å². The molecule has 4 aromatic rings. The smallest absolute Gasteiger partial charge is 0.319 e. The summed E-state index contributed by atoms with van der Waals surface area (Å²) < 4.78 is 0. The van der Waals surface area contributed by atoms with E-state index in [1.165, 1.54) is 0 Å². The van der Waals surface area contributed by atoms with Crippen molar-refractivity contribution >= 4 is 40.0 Å². The summed E-state index contributed by atoms with van der Waals surface area (Å²) in [6.07, 6.45) is 0.322. The van der Waals surface area contributed by atoms with Gasteiger partial charge in [0.25, 0.3) is 0 Å². The first kappa shape index (κ1) is 30.1. The Morgan fingerprint density at radius 3 is 2.07 bits per heavy atom. The molecule has 5 nitrogen and oxygen atoms in total. The van der Waals surface area contributed by atoms with Crippen LogP contribution in [0.25, 0.3) is 10.8 Å². The average Bonchev–Trinajstić information content (AvgIpc) is 2.91. The summed E-state index contributed by atoms with van der Waals surface area (Å²) in [4.78, 5) is 26.9.